The SMILES string of the molecule is Cc1cc([C@H]2[C@H](c3ccccn3)NC(=S)N2CCCO)c(C)n1-c1ccccc1C(=O)O. The molecule has 3 heterocycles. The number of aromatic nitrogens is 2. The van der Waals surface area contributed by atoms with Crippen LogP contribution in [0.2, 0.25) is 0 Å². The summed E-state index contributed by atoms with van der Waals surface area (Å²) >= 11 is 5.66. The Kier molecular flexibility index (Phi) is 6.25. The van der Waals surface area contributed by atoms with Crippen LogP contribution in [0.4, 0.5) is 0 Å². The van der Waals surface area contributed by atoms with Gasteiger partial charge < -0.3 is 25.0 Å². The van der Waals surface area contributed by atoms with Gasteiger partial charge in [-0.2, -0.15) is 0 Å². The van der Waals surface area contributed by atoms with Crippen molar-refractivity contribution in [2.45, 2.75) is 32.4 Å². The second-order valence-corrected chi connectivity index (χ2v) is 8.27. The number of thiocarbonyl (C=S) groups is 1. The maximum Gasteiger partial charge on any atom is 0.337 e. The zero-order valence-electron chi connectivity index (χ0n) is 18.0. The first-order valence-electron chi connectivity index (χ1n) is 10.5. The van der Waals surface area contributed by atoms with Crippen molar-refractivity contribution in [3.05, 3.63) is 82.9 Å². The monoisotopic (exact) mass is 450 g/mol. The molecule has 2 atom stereocenters. The van der Waals surface area contributed by atoms with Crippen molar-refractivity contribution in [2.24, 2.45) is 0 Å². The van der Waals surface area contributed by atoms with Gasteiger partial charge in [0.1, 0.15) is 0 Å². The zero-order valence-corrected chi connectivity index (χ0v) is 18.8. The van der Waals surface area contributed by atoms with Crippen LogP contribution in [0.3, 0.4) is 0 Å². The van der Waals surface area contributed by atoms with Gasteiger partial charge in [0, 0.05) is 30.7 Å². The highest BCUT2D eigenvalue weighted by Crippen LogP contribution is 2.41. The van der Waals surface area contributed by atoms with Gasteiger partial charge in [0.05, 0.1) is 29.0 Å². The lowest BCUT2D eigenvalue weighted by Crippen LogP contribution is -2.31. The van der Waals surface area contributed by atoms with E-state index in [1.165, 1.54) is 0 Å². The number of nitrogens with zero attached hydrogens (tertiary/aromatic N) is 3. The predicted molar refractivity (Wildman–Crippen MR) is 126 cm³/mol. The average Bonchev–Trinajstić information content (AvgIpc) is 3.27. The summed E-state index contributed by atoms with van der Waals surface area (Å²) in [5.41, 5.74) is 4.68. The maximum atomic E-state index is 11.9. The molecule has 0 spiro atoms. The molecule has 0 aliphatic carbocycles. The molecular weight excluding hydrogens is 424 g/mol. The van der Waals surface area contributed by atoms with Crippen LogP contribution in [0.5, 0.6) is 0 Å². The fourth-order valence-electron chi connectivity index (χ4n) is 4.53. The summed E-state index contributed by atoms with van der Waals surface area (Å²) < 4.78 is 1.99. The molecule has 3 N–H and O–H groups in total. The fraction of sp³-hybridized carbons (Fsp3) is 0.292. The molecule has 0 bridgehead atoms. The van der Waals surface area contributed by atoms with Gasteiger partial charge in [-0.1, -0.05) is 18.2 Å². The number of para-hydroxylation sites is 1. The van der Waals surface area contributed by atoms with Crippen molar-refractivity contribution in [3.63, 3.8) is 0 Å². The number of carbonyl (C=O) groups is 1. The van der Waals surface area contributed by atoms with Crippen LogP contribution in [0.25, 0.3) is 5.69 Å². The highest BCUT2D eigenvalue weighted by molar-refractivity contribution is 7.80. The number of hydrogen-bond donors (Lipinski definition) is 3. The molecule has 1 saturated heterocycles. The van der Waals surface area contributed by atoms with Gasteiger partial charge in [0.25, 0.3) is 0 Å². The number of aliphatic hydroxyl groups excluding tert-OH is 1. The minimum atomic E-state index is -0.964. The van der Waals surface area contributed by atoms with E-state index in [-0.39, 0.29) is 24.3 Å². The second-order valence-electron chi connectivity index (χ2n) is 7.88. The summed E-state index contributed by atoms with van der Waals surface area (Å²) in [6.45, 7) is 4.66. The summed E-state index contributed by atoms with van der Waals surface area (Å²) in [5.74, 6) is -0.964. The van der Waals surface area contributed by atoms with Crippen LogP contribution >= 0.6 is 12.2 Å². The standard InChI is InChI=1S/C24H26N4O3S/c1-15-14-18(16(2)28(15)20-10-4-3-8-17(20)23(30)31)22-21(19-9-5-6-11-25-19)26-24(32)27(22)12-7-13-29/h3-6,8-11,14,21-22,29H,7,12-13H2,1-2H3,(H,26,32)(H,30,31)/t21-,22-/m0/s1. The number of rotatable bonds is 7. The normalized spacial score (nSPS) is 18.1. The van der Waals surface area contributed by atoms with Crippen LogP contribution < -0.4 is 5.32 Å². The smallest absolute Gasteiger partial charge is 0.337 e. The Hall–Kier alpha value is -3.23. The number of nitrogens with one attached hydrogen (secondary N) is 1. The number of carboxylic acids is 1. The number of pyridine rings is 1. The Morgan fingerprint density at radius 2 is 1.94 bits per heavy atom. The minimum Gasteiger partial charge on any atom is -0.478 e. The molecule has 0 saturated carbocycles. The van der Waals surface area contributed by atoms with E-state index in [2.05, 4.69) is 21.3 Å². The Morgan fingerprint density at radius 3 is 2.62 bits per heavy atom. The third-order valence-corrected chi connectivity index (χ3v) is 6.27. The summed E-state index contributed by atoms with van der Waals surface area (Å²) in [6, 6.07) is 14.6. The molecule has 0 unspecified atom stereocenters. The lowest BCUT2D eigenvalue weighted by atomic mass is 9.96. The molecule has 7 nitrogen and oxygen atoms in total. The van der Waals surface area contributed by atoms with Gasteiger partial charge in [-0.3, -0.25) is 4.98 Å². The lowest BCUT2D eigenvalue weighted by Gasteiger charge is -2.28. The summed E-state index contributed by atoms with van der Waals surface area (Å²) in [4.78, 5) is 18.5. The molecule has 1 fully saturated rings. The van der Waals surface area contributed by atoms with E-state index in [9.17, 15) is 15.0 Å². The molecule has 166 valence electrons. The lowest BCUT2D eigenvalue weighted by molar-refractivity contribution is 0.0697. The third kappa shape index (κ3) is 3.87. The van der Waals surface area contributed by atoms with Crippen LogP contribution in [-0.4, -0.2) is 48.9 Å². The number of hydrogen-bond acceptors (Lipinski definition) is 4. The van der Waals surface area contributed by atoms with E-state index in [1.807, 2.05) is 48.7 Å². The quantitative estimate of drug-likeness (QED) is 0.474. The van der Waals surface area contributed by atoms with Crippen molar-refractivity contribution >= 4 is 23.3 Å². The summed E-state index contributed by atoms with van der Waals surface area (Å²) in [5, 5.41) is 23.2. The first-order valence-corrected chi connectivity index (χ1v) is 10.9. The first-order chi connectivity index (χ1) is 15.4. The topological polar surface area (TPSA) is 90.6 Å². The third-order valence-electron chi connectivity index (χ3n) is 5.92. The van der Waals surface area contributed by atoms with E-state index >= 15 is 0 Å². The Balaban J connectivity index is 1.85. The number of aryl methyl sites for hydroxylation is 1. The molecule has 1 aliphatic rings. The van der Waals surface area contributed by atoms with Crippen molar-refractivity contribution in [3.8, 4) is 5.69 Å². The fourth-order valence-corrected chi connectivity index (χ4v) is 4.86. The summed E-state index contributed by atoms with van der Waals surface area (Å²) in [7, 11) is 0. The van der Waals surface area contributed by atoms with E-state index in [0.717, 1.165) is 22.6 Å². The molecule has 0 amide bonds. The largest absolute Gasteiger partial charge is 0.478 e. The second kappa shape index (κ2) is 9.10. The van der Waals surface area contributed by atoms with Gasteiger partial charge >= 0.3 is 5.97 Å². The Bertz CT molecular complexity index is 1150. The van der Waals surface area contributed by atoms with E-state index < -0.39 is 5.97 Å². The van der Waals surface area contributed by atoms with E-state index in [4.69, 9.17) is 12.2 Å². The Labute approximate surface area is 192 Å². The number of carboxylic acid groups (broad SMARTS) is 1. The first kappa shape index (κ1) is 22.0. The molecule has 32 heavy (non-hydrogen) atoms. The molecule has 4 rings (SSSR count). The van der Waals surface area contributed by atoms with Gasteiger partial charge in [0.2, 0.25) is 0 Å². The van der Waals surface area contributed by atoms with Gasteiger partial charge in [-0.25, -0.2) is 4.79 Å². The number of aliphatic hydroxyl groups is 1. The molecule has 0 radical (unpaired) electrons. The molecular formula is C24H26N4O3S. The summed E-state index contributed by atoms with van der Waals surface area (Å²) in [6.07, 6.45) is 2.35. The van der Waals surface area contributed by atoms with Crippen molar-refractivity contribution in [1.82, 2.24) is 19.8 Å². The van der Waals surface area contributed by atoms with Crippen molar-refractivity contribution < 1.29 is 15.0 Å². The van der Waals surface area contributed by atoms with Gasteiger partial charge in [-0.15, -0.1) is 0 Å². The highest BCUT2D eigenvalue weighted by Gasteiger charge is 2.41. The average molecular weight is 451 g/mol. The van der Waals surface area contributed by atoms with Crippen molar-refractivity contribution in [2.75, 3.05) is 13.2 Å². The molecule has 1 aliphatic heterocycles. The maximum absolute atomic E-state index is 11.9. The van der Waals surface area contributed by atoms with Crippen molar-refractivity contribution in [1.29, 1.82) is 0 Å². The van der Waals surface area contributed by atoms with Crippen LogP contribution in [0.1, 0.15) is 51.5 Å². The van der Waals surface area contributed by atoms with Crippen LogP contribution in [0.15, 0.2) is 54.7 Å². The number of benzene rings is 1. The van der Waals surface area contributed by atoms with Gasteiger partial charge in [0.15, 0.2) is 5.11 Å². The van der Waals surface area contributed by atoms with Crippen LogP contribution in [0, 0.1) is 13.8 Å². The van der Waals surface area contributed by atoms with Crippen LogP contribution in [-0.2, 0) is 0 Å². The predicted octanol–water partition coefficient (Wildman–Crippen LogP) is 3.54. The highest BCUT2D eigenvalue weighted by atomic mass is 32.1. The van der Waals surface area contributed by atoms with E-state index in [0.29, 0.717) is 23.8 Å². The van der Waals surface area contributed by atoms with E-state index in [1.54, 1.807) is 18.3 Å². The molecule has 8 heteroatoms. The Morgan fingerprint density at radius 1 is 1.19 bits per heavy atom. The zero-order chi connectivity index (χ0) is 22.8. The van der Waals surface area contributed by atoms with Gasteiger partial charge in [-0.05, 0) is 68.4 Å². The molecule has 1 aromatic carbocycles. The number of aromatic carboxylic acids is 1. The minimum absolute atomic E-state index is 0.0745. The molecule has 3 aromatic rings. The molecule has 2 aromatic heterocycles.